The molecular weight excluding hydrogens is 400 g/mol. The maximum atomic E-state index is 12.8. The smallest absolute Gasteiger partial charge is 0.298 e. The second-order valence-electron chi connectivity index (χ2n) is 8.52. The molecule has 0 aliphatic heterocycles. The highest BCUT2D eigenvalue weighted by molar-refractivity contribution is 7.86. The van der Waals surface area contributed by atoms with Crippen molar-refractivity contribution in [3.05, 3.63) is 24.3 Å². The minimum atomic E-state index is -3.89. The van der Waals surface area contributed by atoms with Crippen molar-refractivity contribution in [2.24, 2.45) is 0 Å². The van der Waals surface area contributed by atoms with Gasteiger partial charge in [0.1, 0.15) is 19.9 Å². The lowest BCUT2D eigenvalue weighted by atomic mass is 10.2. The third kappa shape index (κ3) is 6.60. The largest absolute Gasteiger partial charge is 0.497 e. The summed E-state index contributed by atoms with van der Waals surface area (Å²) in [6, 6.07) is 6.26. The van der Waals surface area contributed by atoms with Crippen LogP contribution in [0.3, 0.4) is 0 Å². The van der Waals surface area contributed by atoms with E-state index < -0.39 is 24.3 Å². The van der Waals surface area contributed by atoms with Gasteiger partial charge in [0, 0.05) is 0 Å². The van der Waals surface area contributed by atoms with Gasteiger partial charge in [0.05, 0.1) is 12.0 Å². The minimum absolute atomic E-state index is 0.127. The van der Waals surface area contributed by atoms with Gasteiger partial charge in [0.15, 0.2) is 0 Å². The molecule has 0 spiro atoms. The number of ether oxygens (including phenoxy) is 1. The third-order valence-corrected chi connectivity index (χ3v) is 13.4. The number of methoxy groups -OCH3 is 1. The summed E-state index contributed by atoms with van der Waals surface area (Å²) in [5.74, 6) is 3.88. The molecule has 6 heteroatoms. The van der Waals surface area contributed by atoms with E-state index in [2.05, 4.69) is 59.9 Å². The van der Waals surface area contributed by atoms with Crippen molar-refractivity contribution in [3.63, 3.8) is 0 Å². The van der Waals surface area contributed by atoms with Gasteiger partial charge in [-0.3, -0.25) is 0 Å². The van der Waals surface area contributed by atoms with E-state index in [0.29, 0.717) is 28.8 Å². The van der Waals surface area contributed by atoms with E-state index in [1.807, 2.05) is 0 Å². The molecule has 0 radical (unpaired) electrons. The fraction of sp³-hybridized carbons (Fsp3) is 0.652. The van der Waals surface area contributed by atoms with Crippen LogP contribution in [0.5, 0.6) is 5.75 Å². The van der Waals surface area contributed by atoms with Gasteiger partial charge in [0.2, 0.25) is 0 Å². The average molecular weight is 439 g/mol. The van der Waals surface area contributed by atoms with Crippen molar-refractivity contribution >= 4 is 18.2 Å². The minimum Gasteiger partial charge on any atom is -0.497 e. The molecule has 0 N–H and O–H groups in total. The number of rotatable bonds is 10. The fourth-order valence-electron chi connectivity index (χ4n) is 4.12. The molecular formula is C23H38O4SSi. The lowest BCUT2D eigenvalue weighted by Gasteiger charge is -2.38. The van der Waals surface area contributed by atoms with Crippen molar-refractivity contribution < 1.29 is 17.3 Å². The Bertz CT molecular complexity index is 765. The van der Waals surface area contributed by atoms with E-state index in [-0.39, 0.29) is 4.90 Å². The van der Waals surface area contributed by atoms with Gasteiger partial charge in [-0.05, 0) is 47.3 Å². The molecule has 0 heterocycles. The average Bonchev–Trinajstić information content (AvgIpc) is 2.65. The van der Waals surface area contributed by atoms with Crippen LogP contribution < -0.4 is 4.74 Å². The predicted octanol–water partition coefficient (Wildman–Crippen LogP) is 6.18. The van der Waals surface area contributed by atoms with Crippen molar-refractivity contribution in [1.29, 1.82) is 0 Å². The van der Waals surface area contributed by atoms with E-state index in [9.17, 15) is 8.42 Å². The summed E-state index contributed by atoms with van der Waals surface area (Å²) in [6.07, 6.45) is 1.82. The van der Waals surface area contributed by atoms with Crippen LogP contribution in [0.2, 0.25) is 16.6 Å². The summed E-state index contributed by atoms with van der Waals surface area (Å²) in [7, 11) is -4.29. The van der Waals surface area contributed by atoms with E-state index in [4.69, 9.17) is 8.92 Å². The van der Waals surface area contributed by atoms with E-state index in [0.717, 1.165) is 12.8 Å². The second kappa shape index (κ2) is 11.2. The van der Waals surface area contributed by atoms with Crippen LogP contribution in [0.4, 0.5) is 0 Å². The molecule has 1 aromatic carbocycles. The quantitative estimate of drug-likeness (QED) is 0.249. The highest BCUT2D eigenvalue weighted by Gasteiger charge is 2.41. The number of hydrogen-bond donors (Lipinski definition) is 0. The van der Waals surface area contributed by atoms with Gasteiger partial charge in [-0.25, -0.2) is 4.18 Å². The molecule has 1 atom stereocenters. The van der Waals surface area contributed by atoms with Crippen LogP contribution in [0.15, 0.2) is 29.2 Å². The maximum Gasteiger partial charge on any atom is 0.298 e. The molecule has 0 aliphatic carbocycles. The molecule has 164 valence electrons. The van der Waals surface area contributed by atoms with Crippen molar-refractivity contribution in [1.82, 2.24) is 0 Å². The highest BCUT2D eigenvalue weighted by Crippen LogP contribution is 2.40. The molecule has 1 unspecified atom stereocenters. The van der Waals surface area contributed by atoms with Crippen LogP contribution in [0, 0.1) is 11.5 Å². The van der Waals surface area contributed by atoms with E-state index in [1.165, 1.54) is 12.1 Å². The Morgan fingerprint density at radius 3 is 1.90 bits per heavy atom. The Hall–Kier alpha value is -1.29. The molecule has 0 amide bonds. The Kier molecular flexibility index (Phi) is 9.94. The molecule has 1 rings (SSSR count). The number of benzene rings is 1. The summed E-state index contributed by atoms with van der Waals surface area (Å²) < 4.78 is 36.3. The zero-order chi connectivity index (χ0) is 22.2. The number of unbranched alkanes of at least 4 members (excludes halogenated alkanes) is 1. The molecule has 0 aromatic heterocycles. The molecule has 1 aromatic rings. The lowest BCUT2D eigenvalue weighted by molar-refractivity contribution is 0.249. The molecule has 4 nitrogen and oxygen atoms in total. The Morgan fingerprint density at radius 2 is 1.48 bits per heavy atom. The van der Waals surface area contributed by atoms with Crippen LogP contribution in [0.25, 0.3) is 0 Å². The summed E-state index contributed by atoms with van der Waals surface area (Å²) >= 11 is 0. The van der Waals surface area contributed by atoms with Crippen LogP contribution in [-0.4, -0.2) is 29.7 Å². The van der Waals surface area contributed by atoms with Crippen molar-refractivity contribution in [2.45, 2.75) is 95.4 Å². The maximum absolute atomic E-state index is 12.8. The Balaban J connectivity index is 3.25. The first-order chi connectivity index (χ1) is 13.5. The van der Waals surface area contributed by atoms with Gasteiger partial charge in [-0.2, -0.15) is 8.42 Å². The van der Waals surface area contributed by atoms with Crippen LogP contribution in [-0.2, 0) is 14.3 Å². The summed E-state index contributed by atoms with van der Waals surface area (Å²) in [5, 5.41) is 0. The Morgan fingerprint density at radius 1 is 0.966 bits per heavy atom. The standard InChI is InChI=1S/C23H38O4SSi/c1-9-10-11-22(16-17-29(18(2)3,19(4)5)20(6)7)27-28(24,25)23-14-12-21(26-8)13-15-23/h12-15,18-20,22H,9-11H2,1-8H3. The normalized spacial score (nSPS) is 13.5. The van der Waals surface area contributed by atoms with Gasteiger partial charge >= 0.3 is 0 Å². The fourth-order valence-corrected chi connectivity index (χ4v) is 10.4. The Labute approximate surface area is 179 Å². The van der Waals surface area contributed by atoms with Crippen LogP contribution >= 0.6 is 0 Å². The molecule has 29 heavy (non-hydrogen) atoms. The SMILES string of the molecule is CCCCC(C#C[Si](C(C)C)(C(C)C)C(C)C)OS(=O)(=O)c1ccc(OC)cc1. The monoisotopic (exact) mass is 438 g/mol. The van der Waals surface area contributed by atoms with Gasteiger partial charge in [-0.15, -0.1) is 5.54 Å². The van der Waals surface area contributed by atoms with E-state index in [1.54, 1.807) is 19.2 Å². The topological polar surface area (TPSA) is 52.6 Å². The first-order valence-corrected chi connectivity index (χ1v) is 14.2. The predicted molar refractivity (Wildman–Crippen MR) is 123 cm³/mol. The van der Waals surface area contributed by atoms with Gasteiger partial charge < -0.3 is 4.74 Å². The summed E-state index contributed by atoms with van der Waals surface area (Å²) in [5.41, 5.74) is 5.07. The zero-order valence-electron chi connectivity index (χ0n) is 19.3. The summed E-state index contributed by atoms with van der Waals surface area (Å²) in [4.78, 5) is 0.127. The molecule has 0 aliphatic rings. The molecule has 0 saturated carbocycles. The number of hydrogen-bond acceptors (Lipinski definition) is 4. The van der Waals surface area contributed by atoms with Crippen LogP contribution in [0.1, 0.15) is 67.7 Å². The van der Waals surface area contributed by atoms with Gasteiger partial charge in [-0.1, -0.05) is 67.2 Å². The van der Waals surface area contributed by atoms with Gasteiger partial charge in [0.25, 0.3) is 10.1 Å². The summed E-state index contributed by atoms with van der Waals surface area (Å²) in [6.45, 7) is 15.6. The highest BCUT2D eigenvalue weighted by atomic mass is 32.2. The molecule has 0 bridgehead atoms. The third-order valence-electron chi connectivity index (χ3n) is 5.73. The lowest BCUT2D eigenvalue weighted by Crippen LogP contribution is -2.43. The zero-order valence-corrected chi connectivity index (χ0v) is 21.1. The van der Waals surface area contributed by atoms with Crippen molar-refractivity contribution in [3.8, 4) is 17.2 Å². The van der Waals surface area contributed by atoms with E-state index >= 15 is 0 Å². The molecule has 0 fully saturated rings. The molecule has 0 saturated heterocycles. The first-order valence-electron chi connectivity index (χ1n) is 10.6. The first kappa shape index (κ1) is 25.7. The second-order valence-corrected chi connectivity index (χ2v) is 15.7. The van der Waals surface area contributed by atoms with Crippen molar-refractivity contribution in [2.75, 3.05) is 7.11 Å².